The summed E-state index contributed by atoms with van der Waals surface area (Å²) in [6.07, 6.45) is 1.82. The first-order valence-electron chi connectivity index (χ1n) is 6.79. The minimum absolute atomic E-state index is 0.751. The number of hydrogen-bond acceptors (Lipinski definition) is 3. The van der Waals surface area contributed by atoms with E-state index >= 15 is 0 Å². The molecule has 0 spiro atoms. The number of para-hydroxylation sites is 1. The molecule has 0 fully saturated rings. The zero-order valence-corrected chi connectivity index (χ0v) is 12.0. The van der Waals surface area contributed by atoms with Gasteiger partial charge in [0, 0.05) is 17.3 Å². The lowest BCUT2D eigenvalue weighted by Crippen LogP contribution is -2.20. The maximum Gasteiger partial charge on any atom is 0.0839 e. The summed E-state index contributed by atoms with van der Waals surface area (Å²) in [6.45, 7) is 1.60. The summed E-state index contributed by atoms with van der Waals surface area (Å²) in [6, 6.07) is 16.2. The van der Waals surface area contributed by atoms with Crippen LogP contribution in [0, 0.1) is 0 Å². The zero-order chi connectivity index (χ0) is 14.2. The van der Waals surface area contributed by atoms with Crippen molar-refractivity contribution in [1.29, 1.82) is 0 Å². The molecule has 0 N–H and O–H groups in total. The molecule has 4 nitrogen and oxygen atoms in total. The Balaban J connectivity index is 1.82. The smallest absolute Gasteiger partial charge is 0.0839 e. The summed E-state index contributed by atoms with van der Waals surface area (Å²) in [4.78, 5) is 2.30. The molecular formula is C16H13ClN4. The summed E-state index contributed by atoms with van der Waals surface area (Å²) in [5.41, 5.74) is 4.55. The molecule has 0 bridgehead atoms. The molecule has 104 valence electrons. The van der Waals surface area contributed by atoms with E-state index in [1.165, 1.54) is 5.56 Å². The van der Waals surface area contributed by atoms with Crippen LogP contribution in [0.15, 0.2) is 54.7 Å². The van der Waals surface area contributed by atoms with Crippen molar-refractivity contribution in [2.45, 2.75) is 13.1 Å². The SMILES string of the molecule is Clc1ccc(N2Cc3ccccc3-n3nncc3C2)cc1. The molecule has 4 rings (SSSR count). The number of fused-ring (bicyclic) bond motifs is 3. The summed E-state index contributed by atoms with van der Waals surface area (Å²) in [5, 5.41) is 9.02. The van der Waals surface area contributed by atoms with Crippen molar-refractivity contribution in [3.8, 4) is 5.69 Å². The fraction of sp³-hybridized carbons (Fsp3) is 0.125. The summed E-state index contributed by atoms with van der Waals surface area (Å²) >= 11 is 5.98. The van der Waals surface area contributed by atoms with Crippen LogP contribution < -0.4 is 4.90 Å². The van der Waals surface area contributed by atoms with Gasteiger partial charge in [-0.05, 0) is 35.9 Å². The van der Waals surface area contributed by atoms with Gasteiger partial charge >= 0.3 is 0 Å². The Bertz CT molecular complexity index is 779. The fourth-order valence-corrected chi connectivity index (χ4v) is 2.84. The lowest BCUT2D eigenvalue weighted by Gasteiger charge is -2.22. The third-order valence-electron chi connectivity index (χ3n) is 3.75. The molecule has 0 aliphatic carbocycles. The Labute approximate surface area is 127 Å². The topological polar surface area (TPSA) is 34.0 Å². The van der Waals surface area contributed by atoms with Crippen molar-refractivity contribution in [3.05, 3.63) is 71.0 Å². The number of aromatic nitrogens is 3. The van der Waals surface area contributed by atoms with E-state index in [0.717, 1.165) is 35.2 Å². The van der Waals surface area contributed by atoms with Gasteiger partial charge in [-0.25, -0.2) is 4.68 Å². The first-order chi connectivity index (χ1) is 10.3. The average Bonchev–Trinajstić information content (AvgIpc) is 2.90. The molecular weight excluding hydrogens is 284 g/mol. The fourth-order valence-electron chi connectivity index (χ4n) is 2.71. The molecule has 3 aromatic rings. The quantitative estimate of drug-likeness (QED) is 0.690. The van der Waals surface area contributed by atoms with Gasteiger partial charge in [-0.2, -0.15) is 0 Å². The van der Waals surface area contributed by atoms with Gasteiger partial charge in [0.05, 0.1) is 24.1 Å². The molecule has 0 atom stereocenters. The van der Waals surface area contributed by atoms with Crippen LogP contribution in [0.1, 0.15) is 11.3 Å². The molecule has 21 heavy (non-hydrogen) atoms. The largest absolute Gasteiger partial charge is 0.361 e. The average molecular weight is 297 g/mol. The van der Waals surface area contributed by atoms with Crippen LogP contribution in [0.2, 0.25) is 5.02 Å². The van der Waals surface area contributed by atoms with Gasteiger partial charge in [0.2, 0.25) is 0 Å². The van der Waals surface area contributed by atoms with E-state index in [1.54, 1.807) is 0 Å². The zero-order valence-electron chi connectivity index (χ0n) is 11.3. The predicted octanol–water partition coefficient (Wildman–Crippen LogP) is 3.44. The van der Waals surface area contributed by atoms with Crippen LogP contribution in [-0.4, -0.2) is 15.0 Å². The highest BCUT2D eigenvalue weighted by Gasteiger charge is 2.20. The Morgan fingerprint density at radius 2 is 1.76 bits per heavy atom. The second-order valence-electron chi connectivity index (χ2n) is 5.10. The van der Waals surface area contributed by atoms with E-state index in [-0.39, 0.29) is 0 Å². The molecule has 1 aromatic heterocycles. The number of benzene rings is 2. The van der Waals surface area contributed by atoms with E-state index in [2.05, 4.69) is 33.4 Å². The Morgan fingerprint density at radius 1 is 0.952 bits per heavy atom. The standard InChI is InChI=1S/C16H13ClN4/c17-13-5-7-14(8-6-13)20-10-12-3-1-2-4-16(12)21-15(11-20)9-18-19-21/h1-9H,10-11H2. The van der Waals surface area contributed by atoms with E-state index in [9.17, 15) is 0 Å². The van der Waals surface area contributed by atoms with Gasteiger partial charge < -0.3 is 4.90 Å². The summed E-state index contributed by atoms with van der Waals surface area (Å²) in [7, 11) is 0. The van der Waals surface area contributed by atoms with E-state index in [0.29, 0.717) is 0 Å². The number of halogens is 1. The lowest BCUT2D eigenvalue weighted by atomic mass is 10.1. The molecule has 1 aliphatic heterocycles. The van der Waals surface area contributed by atoms with Gasteiger partial charge in [0.25, 0.3) is 0 Å². The van der Waals surface area contributed by atoms with Crippen LogP contribution in [-0.2, 0) is 13.1 Å². The maximum atomic E-state index is 5.98. The second-order valence-corrected chi connectivity index (χ2v) is 5.53. The van der Waals surface area contributed by atoms with Crippen LogP contribution in [0.25, 0.3) is 5.69 Å². The van der Waals surface area contributed by atoms with Gasteiger partial charge in [0.15, 0.2) is 0 Å². The van der Waals surface area contributed by atoms with Crippen molar-refractivity contribution in [2.24, 2.45) is 0 Å². The molecule has 2 aromatic carbocycles. The Kier molecular flexibility index (Phi) is 2.89. The van der Waals surface area contributed by atoms with Crippen LogP contribution in [0.4, 0.5) is 5.69 Å². The normalized spacial score (nSPS) is 13.5. The molecule has 1 aliphatic rings. The number of rotatable bonds is 1. The van der Waals surface area contributed by atoms with Crippen LogP contribution >= 0.6 is 11.6 Å². The third kappa shape index (κ3) is 2.17. The van der Waals surface area contributed by atoms with Gasteiger partial charge in [-0.3, -0.25) is 0 Å². The molecule has 2 heterocycles. The summed E-state index contributed by atoms with van der Waals surface area (Å²) < 4.78 is 1.92. The first kappa shape index (κ1) is 12.4. The molecule has 0 unspecified atom stereocenters. The lowest BCUT2D eigenvalue weighted by molar-refractivity contribution is 0.754. The van der Waals surface area contributed by atoms with E-state index in [1.807, 2.05) is 41.2 Å². The number of nitrogens with zero attached hydrogens (tertiary/aromatic N) is 4. The van der Waals surface area contributed by atoms with Gasteiger partial charge in [0.1, 0.15) is 0 Å². The van der Waals surface area contributed by atoms with Crippen molar-refractivity contribution in [3.63, 3.8) is 0 Å². The van der Waals surface area contributed by atoms with Crippen LogP contribution in [0.3, 0.4) is 0 Å². The first-order valence-corrected chi connectivity index (χ1v) is 7.17. The second kappa shape index (κ2) is 4.90. The van der Waals surface area contributed by atoms with E-state index in [4.69, 9.17) is 11.6 Å². The third-order valence-corrected chi connectivity index (χ3v) is 4.00. The van der Waals surface area contributed by atoms with Crippen molar-refractivity contribution in [1.82, 2.24) is 15.0 Å². The molecule has 5 heteroatoms. The molecule has 0 saturated carbocycles. The molecule has 0 amide bonds. The van der Waals surface area contributed by atoms with Crippen molar-refractivity contribution < 1.29 is 0 Å². The maximum absolute atomic E-state index is 5.98. The number of hydrogen-bond donors (Lipinski definition) is 0. The van der Waals surface area contributed by atoms with Crippen LogP contribution in [0.5, 0.6) is 0 Å². The minimum Gasteiger partial charge on any atom is -0.361 e. The van der Waals surface area contributed by atoms with Gasteiger partial charge in [-0.15, -0.1) is 5.10 Å². The summed E-state index contributed by atoms with van der Waals surface area (Å²) in [5.74, 6) is 0. The highest BCUT2D eigenvalue weighted by Crippen LogP contribution is 2.27. The molecule has 0 saturated heterocycles. The monoisotopic (exact) mass is 296 g/mol. The van der Waals surface area contributed by atoms with Gasteiger partial charge in [-0.1, -0.05) is 35.0 Å². The Hall–Kier alpha value is -2.33. The highest BCUT2D eigenvalue weighted by atomic mass is 35.5. The highest BCUT2D eigenvalue weighted by molar-refractivity contribution is 6.30. The predicted molar refractivity (Wildman–Crippen MR) is 82.7 cm³/mol. The van der Waals surface area contributed by atoms with Crippen molar-refractivity contribution >= 4 is 17.3 Å². The minimum atomic E-state index is 0.751. The van der Waals surface area contributed by atoms with Crippen molar-refractivity contribution in [2.75, 3.05) is 4.90 Å². The Morgan fingerprint density at radius 3 is 2.62 bits per heavy atom. The molecule has 0 radical (unpaired) electrons. The number of anilines is 1. The van der Waals surface area contributed by atoms with E-state index < -0.39 is 0 Å².